The van der Waals surface area contributed by atoms with Gasteiger partial charge in [-0.3, -0.25) is 4.98 Å². The van der Waals surface area contributed by atoms with Crippen LogP contribution in [0.5, 0.6) is 5.75 Å². The largest absolute Gasteiger partial charge is 0.494 e. The third-order valence-corrected chi connectivity index (χ3v) is 2.82. The van der Waals surface area contributed by atoms with E-state index in [1.165, 1.54) is 18.5 Å². The van der Waals surface area contributed by atoms with Crippen molar-refractivity contribution in [1.29, 1.82) is 0 Å². The number of ether oxygens (including phenoxy) is 1. The van der Waals surface area contributed by atoms with Crippen molar-refractivity contribution in [2.24, 2.45) is 0 Å². The first-order chi connectivity index (χ1) is 8.95. The van der Waals surface area contributed by atoms with Gasteiger partial charge in [-0.2, -0.15) is 0 Å². The highest BCUT2D eigenvalue weighted by Gasteiger charge is 1.95. The Kier molecular flexibility index (Phi) is 5.25. The standard InChI is InChI=1S/C16H19NO/c1-4-11-16(12-5-1)18-14-8-2-3-9-15-10-6-7-13-17-15/h1,4-7,10-13H,2-3,8-9,14H2. The zero-order valence-corrected chi connectivity index (χ0v) is 10.6. The van der Waals surface area contributed by atoms with Crippen molar-refractivity contribution in [1.82, 2.24) is 4.98 Å². The predicted molar refractivity (Wildman–Crippen MR) is 73.7 cm³/mol. The number of hydrogen-bond acceptors (Lipinski definition) is 2. The summed E-state index contributed by atoms with van der Waals surface area (Å²) >= 11 is 0. The maximum Gasteiger partial charge on any atom is 0.119 e. The topological polar surface area (TPSA) is 22.1 Å². The molecule has 0 N–H and O–H groups in total. The van der Waals surface area contributed by atoms with E-state index in [9.17, 15) is 0 Å². The Morgan fingerprint density at radius 2 is 1.67 bits per heavy atom. The Morgan fingerprint density at radius 3 is 2.44 bits per heavy atom. The van der Waals surface area contributed by atoms with E-state index in [1.807, 2.05) is 48.7 Å². The quantitative estimate of drug-likeness (QED) is 0.686. The van der Waals surface area contributed by atoms with Gasteiger partial charge in [0.05, 0.1) is 6.61 Å². The number of rotatable bonds is 7. The van der Waals surface area contributed by atoms with Crippen LogP contribution in [0.2, 0.25) is 0 Å². The highest BCUT2D eigenvalue weighted by Crippen LogP contribution is 2.10. The van der Waals surface area contributed by atoms with Crippen LogP contribution < -0.4 is 4.74 Å². The summed E-state index contributed by atoms with van der Waals surface area (Å²) < 4.78 is 5.64. The second kappa shape index (κ2) is 7.49. The molecule has 2 aromatic rings. The third kappa shape index (κ3) is 4.58. The lowest BCUT2D eigenvalue weighted by molar-refractivity contribution is 0.305. The molecule has 0 amide bonds. The van der Waals surface area contributed by atoms with Gasteiger partial charge in [0, 0.05) is 11.9 Å². The van der Waals surface area contributed by atoms with Crippen LogP contribution in [0.3, 0.4) is 0 Å². The lowest BCUT2D eigenvalue weighted by Gasteiger charge is -2.05. The van der Waals surface area contributed by atoms with E-state index in [0.29, 0.717) is 0 Å². The molecule has 94 valence electrons. The van der Waals surface area contributed by atoms with E-state index in [4.69, 9.17) is 4.74 Å². The van der Waals surface area contributed by atoms with E-state index < -0.39 is 0 Å². The lowest BCUT2D eigenvalue weighted by atomic mass is 10.1. The molecule has 0 unspecified atom stereocenters. The number of unbranched alkanes of at least 4 members (excludes halogenated alkanes) is 2. The molecule has 1 aromatic carbocycles. The maximum absolute atomic E-state index is 5.64. The fourth-order valence-electron chi connectivity index (χ4n) is 1.84. The highest BCUT2D eigenvalue weighted by molar-refractivity contribution is 5.20. The monoisotopic (exact) mass is 241 g/mol. The van der Waals surface area contributed by atoms with Gasteiger partial charge in [0.25, 0.3) is 0 Å². The Balaban J connectivity index is 1.54. The molecule has 0 radical (unpaired) electrons. The van der Waals surface area contributed by atoms with Crippen LogP contribution in [0.15, 0.2) is 54.7 Å². The first-order valence-corrected chi connectivity index (χ1v) is 6.53. The average molecular weight is 241 g/mol. The van der Waals surface area contributed by atoms with Crippen LogP contribution in [-0.2, 0) is 6.42 Å². The number of hydrogen-bond donors (Lipinski definition) is 0. The molecule has 1 aromatic heterocycles. The molecule has 18 heavy (non-hydrogen) atoms. The zero-order chi connectivity index (χ0) is 12.5. The number of aryl methyl sites for hydroxylation is 1. The van der Waals surface area contributed by atoms with Crippen molar-refractivity contribution in [2.75, 3.05) is 6.61 Å². The van der Waals surface area contributed by atoms with Crippen molar-refractivity contribution in [3.05, 3.63) is 60.4 Å². The Bertz CT molecular complexity index is 384. The van der Waals surface area contributed by atoms with Gasteiger partial charge in [0.15, 0.2) is 0 Å². The van der Waals surface area contributed by atoms with E-state index in [1.54, 1.807) is 0 Å². The van der Waals surface area contributed by atoms with Gasteiger partial charge in [-0.1, -0.05) is 24.3 Å². The van der Waals surface area contributed by atoms with Gasteiger partial charge >= 0.3 is 0 Å². The van der Waals surface area contributed by atoms with Gasteiger partial charge < -0.3 is 4.74 Å². The average Bonchev–Trinajstić information content (AvgIpc) is 2.45. The molecule has 0 fully saturated rings. The molecule has 0 saturated carbocycles. The van der Waals surface area contributed by atoms with Crippen molar-refractivity contribution in [2.45, 2.75) is 25.7 Å². The fourth-order valence-corrected chi connectivity index (χ4v) is 1.84. The fraction of sp³-hybridized carbons (Fsp3) is 0.312. The normalized spacial score (nSPS) is 10.2. The minimum atomic E-state index is 0.798. The summed E-state index contributed by atoms with van der Waals surface area (Å²) in [7, 11) is 0. The van der Waals surface area contributed by atoms with Crippen molar-refractivity contribution < 1.29 is 4.74 Å². The predicted octanol–water partition coefficient (Wildman–Crippen LogP) is 3.87. The summed E-state index contributed by atoms with van der Waals surface area (Å²) in [6, 6.07) is 16.1. The maximum atomic E-state index is 5.64. The number of nitrogens with zero attached hydrogens (tertiary/aromatic N) is 1. The minimum absolute atomic E-state index is 0.798. The first kappa shape index (κ1) is 12.6. The van der Waals surface area contributed by atoms with E-state index in [2.05, 4.69) is 11.1 Å². The molecule has 2 rings (SSSR count). The first-order valence-electron chi connectivity index (χ1n) is 6.53. The van der Waals surface area contributed by atoms with Gasteiger partial charge in [-0.05, 0) is 49.9 Å². The molecular formula is C16H19NO. The molecular weight excluding hydrogens is 222 g/mol. The second-order valence-electron chi connectivity index (χ2n) is 4.29. The Hall–Kier alpha value is -1.83. The molecule has 0 atom stereocenters. The summed E-state index contributed by atoms with van der Waals surface area (Å²) in [5.74, 6) is 0.960. The van der Waals surface area contributed by atoms with Crippen LogP contribution in [0, 0.1) is 0 Å². The minimum Gasteiger partial charge on any atom is -0.494 e. The van der Waals surface area contributed by atoms with Crippen LogP contribution >= 0.6 is 0 Å². The van der Waals surface area contributed by atoms with Crippen LogP contribution in [0.25, 0.3) is 0 Å². The molecule has 2 heteroatoms. The summed E-state index contributed by atoms with van der Waals surface area (Å²) in [6.07, 6.45) is 6.38. The Morgan fingerprint density at radius 1 is 0.833 bits per heavy atom. The Labute approximate surface area is 109 Å². The molecule has 0 spiro atoms. The molecule has 0 aliphatic heterocycles. The number of benzene rings is 1. The van der Waals surface area contributed by atoms with Crippen molar-refractivity contribution >= 4 is 0 Å². The third-order valence-electron chi connectivity index (χ3n) is 2.82. The van der Waals surface area contributed by atoms with Gasteiger partial charge in [-0.15, -0.1) is 0 Å². The van der Waals surface area contributed by atoms with Crippen LogP contribution in [-0.4, -0.2) is 11.6 Å². The highest BCUT2D eigenvalue weighted by atomic mass is 16.5. The summed E-state index contributed by atoms with van der Waals surface area (Å²) in [5, 5.41) is 0. The zero-order valence-electron chi connectivity index (χ0n) is 10.6. The molecule has 0 aliphatic carbocycles. The molecule has 0 aliphatic rings. The van der Waals surface area contributed by atoms with E-state index in [0.717, 1.165) is 25.2 Å². The number of pyridine rings is 1. The van der Waals surface area contributed by atoms with Gasteiger partial charge in [-0.25, -0.2) is 0 Å². The molecule has 2 nitrogen and oxygen atoms in total. The smallest absolute Gasteiger partial charge is 0.119 e. The molecule has 1 heterocycles. The van der Waals surface area contributed by atoms with Crippen molar-refractivity contribution in [3.63, 3.8) is 0 Å². The summed E-state index contributed by atoms with van der Waals surface area (Å²) in [5.41, 5.74) is 1.18. The lowest BCUT2D eigenvalue weighted by Crippen LogP contribution is -1.97. The van der Waals surface area contributed by atoms with Gasteiger partial charge in [0.1, 0.15) is 5.75 Å². The van der Waals surface area contributed by atoms with Crippen LogP contribution in [0.4, 0.5) is 0 Å². The molecule has 0 bridgehead atoms. The number of para-hydroxylation sites is 1. The van der Waals surface area contributed by atoms with E-state index in [-0.39, 0.29) is 0 Å². The summed E-state index contributed by atoms with van der Waals surface area (Å²) in [4.78, 5) is 4.31. The van der Waals surface area contributed by atoms with Crippen LogP contribution in [0.1, 0.15) is 25.0 Å². The van der Waals surface area contributed by atoms with Crippen molar-refractivity contribution in [3.8, 4) is 5.75 Å². The van der Waals surface area contributed by atoms with Gasteiger partial charge in [0.2, 0.25) is 0 Å². The second-order valence-corrected chi connectivity index (χ2v) is 4.29. The van der Waals surface area contributed by atoms with E-state index >= 15 is 0 Å². The SMILES string of the molecule is c1ccc(OCCCCCc2ccccn2)cc1. The summed E-state index contributed by atoms with van der Waals surface area (Å²) in [6.45, 7) is 0.798. The molecule has 0 saturated heterocycles. The number of aromatic nitrogens is 1.